The first-order valence-corrected chi connectivity index (χ1v) is 4.23. The average molecular weight is 196 g/mol. The molecule has 10 heavy (non-hydrogen) atoms. The van der Waals surface area contributed by atoms with E-state index >= 15 is 0 Å². The van der Waals surface area contributed by atoms with Crippen LogP contribution in [0.2, 0.25) is 0 Å². The van der Waals surface area contributed by atoms with Gasteiger partial charge in [0, 0.05) is 6.61 Å². The average Bonchev–Trinajstić information content (AvgIpc) is 1.84. The molecule has 0 atom stereocenters. The topological polar surface area (TPSA) is 63.6 Å². The van der Waals surface area contributed by atoms with E-state index in [1.165, 1.54) is 0 Å². The van der Waals surface area contributed by atoms with E-state index in [9.17, 15) is 8.42 Å². The summed E-state index contributed by atoms with van der Waals surface area (Å²) in [5.41, 5.74) is 0. The molecule has 0 saturated heterocycles. The SMILES string of the molecule is O=S(=O)(CCCO)OS.[NaH]. The predicted molar refractivity (Wildman–Crippen MR) is 42.7 cm³/mol. The molecule has 0 rings (SSSR count). The van der Waals surface area contributed by atoms with Gasteiger partial charge in [-0.25, -0.2) is 3.63 Å². The summed E-state index contributed by atoms with van der Waals surface area (Å²) in [7, 11) is -3.48. The van der Waals surface area contributed by atoms with Crippen molar-refractivity contribution in [1.29, 1.82) is 0 Å². The van der Waals surface area contributed by atoms with Crippen molar-refractivity contribution in [3.8, 4) is 0 Å². The van der Waals surface area contributed by atoms with Gasteiger partial charge in [0.25, 0.3) is 10.1 Å². The molecule has 58 valence electrons. The summed E-state index contributed by atoms with van der Waals surface area (Å²) >= 11 is 3.10. The number of aliphatic hydroxyl groups excluding tert-OH is 1. The molecule has 7 heteroatoms. The standard InChI is InChI=1S/C3H8O4S2.Na.H/c4-2-1-3-9(5,6)7-8;;/h4,8H,1-3H2;;. The van der Waals surface area contributed by atoms with Crippen LogP contribution in [-0.4, -0.2) is 55.4 Å². The molecule has 0 heterocycles. The molecule has 0 aliphatic rings. The third-order valence-electron chi connectivity index (χ3n) is 0.666. The number of hydrogen-bond donors (Lipinski definition) is 2. The van der Waals surface area contributed by atoms with E-state index < -0.39 is 10.1 Å². The molecule has 0 radical (unpaired) electrons. The first-order valence-electron chi connectivity index (χ1n) is 2.29. The van der Waals surface area contributed by atoms with Crippen molar-refractivity contribution in [2.75, 3.05) is 12.4 Å². The first kappa shape index (κ1) is 13.8. The Balaban J connectivity index is 0. The first-order chi connectivity index (χ1) is 4.12. The fourth-order valence-electron chi connectivity index (χ4n) is 0.279. The van der Waals surface area contributed by atoms with Gasteiger partial charge in [-0.15, -0.1) is 0 Å². The third-order valence-corrected chi connectivity index (χ3v) is 2.36. The molecule has 0 aliphatic carbocycles. The van der Waals surface area contributed by atoms with Crippen LogP contribution in [0.4, 0.5) is 0 Å². The van der Waals surface area contributed by atoms with E-state index in [1.807, 2.05) is 0 Å². The van der Waals surface area contributed by atoms with Crippen molar-refractivity contribution in [2.45, 2.75) is 6.42 Å². The van der Waals surface area contributed by atoms with E-state index in [1.54, 1.807) is 0 Å². The van der Waals surface area contributed by atoms with Gasteiger partial charge < -0.3 is 5.11 Å². The van der Waals surface area contributed by atoms with Crippen LogP contribution in [-0.2, 0) is 13.7 Å². The predicted octanol–water partition coefficient (Wildman–Crippen LogP) is -1.09. The molecule has 0 fully saturated rings. The molecule has 0 aliphatic heterocycles. The van der Waals surface area contributed by atoms with Crippen LogP contribution >= 0.6 is 12.9 Å². The van der Waals surface area contributed by atoms with Crippen LogP contribution in [0.25, 0.3) is 0 Å². The minimum absolute atomic E-state index is 0. The zero-order valence-electron chi connectivity index (χ0n) is 4.65. The molecule has 0 aromatic carbocycles. The van der Waals surface area contributed by atoms with Crippen LogP contribution in [0.1, 0.15) is 6.42 Å². The van der Waals surface area contributed by atoms with Crippen molar-refractivity contribution >= 4 is 52.6 Å². The van der Waals surface area contributed by atoms with E-state index in [0.29, 0.717) is 0 Å². The van der Waals surface area contributed by atoms with Gasteiger partial charge in [0.05, 0.1) is 5.75 Å². The monoisotopic (exact) mass is 196 g/mol. The Hall–Kier alpha value is 1.22. The van der Waals surface area contributed by atoms with Gasteiger partial charge in [-0.05, 0) is 19.3 Å². The Morgan fingerprint density at radius 1 is 1.50 bits per heavy atom. The second-order valence-corrected chi connectivity index (χ2v) is 3.53. The fourth-order valence-corrected chi connectivity index (χ4v) is 1.06. The van der Waals surface area contributed by atoms with Gasteiger partial charge in [-0.1, -0.05) is 0 Å². The molecule has 0 aromatic rings. The fraction of sp³-hybridized carbons (Fsp3) is 1.00. The Morgan fingerprint density at radius 3 is 2.30 bits per heavy atom. The quantitative estimate of drug-likeness (QED) is 0.341. The number of thiol groups is 1. The number of aliphatic hydroxyl groups is 1. The van der Waals surface area contributed by atoms with Crippen molar-refractivity contribution in [3.63, 3.8) is 0 Å². The van der Waals surface area contributed by atoms with Gasteiger partial charge in [-0.2, -0.15) is 8.42 Å². The van der Waals surface area contributed by atoms with Crippen LogP contribution in [0.5, 0.6) is 0 Å². The summed E-state index contributed by atoms with van der Waals surface area (Å²) in [6.07, 6.45) is 0.183. The Bertz CT molecular complexity index is 154. The van der Waals surface area contributed by atoms with Crippen LogP contribution < -0.4 is 0 Å². The molecule has 0 aromatic heterocycles. The van der Waals surface area contributed by atoms with Gasteiger partial charge in [0.15, 0.2) is 0 Å². The Kier molecular flexibility index (Phi) is 9.51. The zero-order chi connectivity index (χ0) is 7.33. The molecule has 4 nitrogen and oxygen atoms in total. The molecule has 0 bridgehead atoms. The Labute approximate surface area is 88.0 Å². The maximum atomic E-state index is 10.3. The molecular formula is C3H9NaO4S2. The van der Waals surface area contributed by atoms with Crippen LogP contribution in [0.3, 0.4) is 0 Å². The molecule has 0 spiro atoms. The summed E-state index contributed by atoms with van der Waals surface area (Å²) in [6, 6.07) is 0. The summed E-state index contributed by atoms with van der Waals surface area (Å²) < 4.78 is 24.5. The van der Waals surface area contributed by atoms with E-state index in [0.717, 1.165) is 0 Å². The van der Waals surface area contributed by atoms with E-state index in [2.05, 4.69) is 16.5 Å². The van der Waals surface area contributed by atoms with Crippen molar-refractivity contribution in [1.82, 2.24) is 0 Å². The molecule has 1 N–H and O–H groups in total. The summed E-state index contributed by atoms with van der Waals surface area (Å²) in [5.74, 6) is -0.188. The molecule has 0 saturated carbocycles. The van der Waals surface area contributed by atoms with E-state index in [4.69, 9.17) is 5.11 Å². The summed E-state index contributed by atoms with van der Waals surface area (Å²) in [6.45, 7) is -0.156. The van der Waals surface area contributed by atoms with E-state index in [-0.39, 0.29) is 48.3 Å². The second-order valence-electron chi connectivity index (χ2n) is 1.41. The van der Waals surface area contributed by atoms with Crippen molar-refractivity contribution < 1.29 is 17.2 Å². The number of hydrogen-bond acceptors (Lipinski definition) is 5. The third kappa shape index (κ3) is 7.33. The molecule has 0 unspecified atom stereocenters. The van der Waals surface area contributed by atoms with Gasteiger partial charge in [0.1, 0.15) is 0 Å². The van der Waals surface area contributed by atoms with Gasteiger partial charge >= 0.3 is 29.6 Å². The Morgan fingerprint density at radius 2 is 2.00 bits per heavy atom. The van der Waals surface area contributed by atoms with Crippen molar-refractivity contribution in [2.24, 2.45) is 0 Å². The normalized spacial score (nSPS) is 10.6. The molecular weight excluding hydrogens is 187 g/mol. The second kappa shape index (κ2) is 6.90. The summed E-state index contributed by atoms with van der Waals surface area (Å²) in [4.78, 5) is 0. The summed E-state index contributed by atoms with van der Waals surface area (Å²) in [5, 5.41) is 8.18. The minimum atomic E-state index is -3.48. The van der Waals surface area contributed by atoms with Crippen molar-refractivity contribution in [3.05, 3.63) is 0 Å². The number of rotatable bonds is 4. The van der Waals surface area contributed by atoms with Gasteiger partial charge in [-0.3, -0.25) is 0 Å². The van der Waals surface area contributed by atoms with Crippen LogP contribution in [0, 0.1) is 0 Å². The zero-order valence-corrected chi connectivity index (χ0v) is 6.36. The van der Waals surface area contributed by atoms with Crippen LogP contribution in [0.15, 0.2) is 0 Å². The maximum absolute atomic E-state index is 10.3. The molecule has 0 amide bonds. The van der Waals surface area contributed by atoms with Gasteiger partial charge in [0.2, 0.25) is 0 Å².